The molecule has 0 amide bonds. The van der Waals surface area contributed by atoms with E-state index in [1.54, 1.807) is 0 Å². The molecule has 98 valence electrons. The average molecular weight is 234 g/mol. The van der Waals surface area contributed by atoms with Gasteiger partial charge < -0.3 is 20.4 Å². The Labute approximate surface area is 97.9 Å². The van der Waals surface area contributed by atoms with Crippen LogP contribution in [-0.4, -0.2) is 38.9 Å². The first-order chi connectivity index (χ1) is 7.50. The molecule has 0 rings (SSSR count). The smallest absolute Gasteiger partial charge is 0.151 e. The molecule has 0 aromatic rings. The van der Waals surface area contributed by atoms with Gasteiger partial charge in [-0.25, -0.2) is 0 Å². The largest absolute Gasteiger partial charge is 0.396 e. The molecule has 0 fully saturated rings. The summed E-state index contributed by atoms with van der Waals surface area (Å²) in [6.07, 6.45) is 2.27. The van der Waals surface area contributed by atoms with Crippen molar-refractivity contribution < 1.29 is 20.4 Å². The molecule has 0 aliphatic rings. The van der Waals surface area contributed by atoms with E-state index in [2.05, 4.69) is 0 Å². The monoisotopic (exact) mass is 234 g/mol. The van der Waals surface area contributed by atoms with Crippen LogP contribution in [-0.2, 0) is 0 Å². The Morgan fingerprint density at radius 2 is 1.75 bits per heavy atom. The van der Waals surface area contributed by atoms with Crippen LogP contribution in [0.5, 0.6) is 0 Å². The summed E-state index contributed by atoms with van der Waals surface area (Å²) in [6.45, 7) is 3.92. The topological polar surface area (TPSA) is 80.9 Å². The minimum absolute atomic E-state index is 0.0192. The molecular weight excluding hydrogens is 208 g/mol. The van der Waals surface area contributed by atoms with Crippen LogP contribution in [0.1, 0.15) is 52.4 Å². The molecule has 0 aliphatic carbocycles. The molecular formula is C12H26O4. The lowest BCUT2D eigenvalue weighted by Gasteiger charge is -2.35. The Kier molecular flexibility index (Phi) is 7.93. The van der Waals surface area contributed by atoms with Gasteiger partial charge in [0, 0.05) is 12.5 Å². The second-order valence-corrected chi connectivity index (χ2v) is 4.51. The van der Waals surface area contributed by atoms with E-state index in [9.17, 15) is 10.2 Å². The molecule has 2 atom stereocenters. The van der Waals surface area contributed by atoms with E-state index >= 15 is 0 Å². The van der Waals surface area contributed by atoms with E-state index in [1.165, 1.54) is 0 Å². The standard InChI is InChI=1S/C12H26O4/c1-3-7-12(16,10(4-2)9-13)8-5-6-11(14)15/h10-11,13-16H,3-9H2,1-2H3. The molecule has 0 heterocycles. The molecule has 4 nitrogen and oxygen atoms in total. The molecule has 4 heteroatoms. The summed E-state index contributed by atoms with van der Waals surface area (Å²) >= 11 is 0. The molecule has 0 radical (unpaired) electrons. The van der Waals surface area contributed by atoms with Crippen molar-refractivity contribution in [3.05, 3.63) is 0 Å². The van der Waals surface area contributed by atoms with Gasteiger partial charge >= 0.3 is 0 Å². The van der Waals surface area contributed by atoms with Crippen molar-refractivity contribution >= 4 is 0 Å². The quantitative estimate of drug-likeness (QED) is 0.449. The number of rotatable bonds is 9. The third-order valence-corrected chi connectivity index (χ3v) is 3.23. The van der Waals surface area contributed by atoms with Crippen LogP contribution in [0.4, 0.5) is 0 Å². The highest BCUT2D eigenvalue weighted by Gasteiger charge is 2.33. The summed E-state index contributed by atoms with van der Waals surface area (Å²) in [7, 11) is 0. The van der Waals surface area contributed by atoms with Crippen LogP contribution >= 0.6 is 0 Å². The number of aliphatic hydroxyl groups is 4. The van der Waals surface area contributed by atoms with Crippen molar-refractivity contribution in [1.82, 2.24) is 0 Å². The van der Waals surface area contributed by atoms with Gasteiger partial charge in [0.2, 0.25) is 0 Å². The number of hydrogen-bond donors (Lipinski definition) is 4. The summed E-state index contributed by atoms with van der Waals surface area (Å²) in [5.74, 6) is -0.122. The average Bonchev–Trinajstić information content (AvgIpc) is 2.19. The minimum Gasteiger partial charge on any atom is -0.396 e. The van der Waals surface area contributed by atoms with E-state index in [0.29, 0.717) is 19.3 Å². The Hall–Kier alpha value is -0.160. The lowest BCUT2D eigenvalue weighted by molar-refractivity contribution is -0.0722. The Morgan fingerprint density at radius 1 is 1.12 bits per heavy atom. The van der Waals surface area contributed by atoms with E-state index in [4.69, 9.17) is 10.2 Å². The second-order valence-electron chi connectivity index (χ2n) is 4.51. The predicted molar refractivity (Wildman–Crippen MR) is 62.8 cm³/mol. The van der Waals surface area contributed by atoms with Crippen molar-refractivity contribution in [3.8, 4) is 0 Å². The molecule has 4 N–H and O–H groups in total. The summed E-state index contributed by atoms with van der Waals surface area (Å²) < 4.78 is 0. The molecule has 0 bridgehead atoms. The normalized spacial score (nSPS) is 17.4. The highest BCUT2D eigenvalue weighted by Crippen LogP contribution is 2.31. The van der Waals surface area contributed by atoms with Crippen LogP contribution in [0.2, 0.25) is 0 Å². The fourth-order valence-corrected chi connectivity index (χ4v) is 2.24. The van der Waals surface area contributed by atoms with Crippen LogP contribution in [0, 0.1) is 5.92 Å². The predicted octanol–water partition coefficient (Wildman–Crippen LogP) is 1.02. The van der Waals surface area contributed by atoms with Gasteiger partial charge in [0.15, 0.2) is 6.29 Å². The Morgan fingerprint density at radius 3 is 2.12 bits per heavy atom. The fourth-order valence-electron chi connectivity index (χ4n) is 2.24. The van der Waals surface area contributed by atoms with E-state index in [0.717, 1.165) is 12.8 Å². The zero-order valence-corrected chi connectivity index (χ0v) is 10.4. The van der Waals surface area contributed by atoms with E-state index in [-0.39, 0.29) is 18.9 Å². The van der Waals surface area contributed by atoms with Gasteiger partial charge in [-0.15, -0.1) is 0 Å². The SMILES string of the molecule is CCCC(O)(CCCC(O)O)C(CC)CO. The lowest BCUT2D eigenvalue weighted by atomic mass is 9.79. The van der Waals surface area contributed by atoms with Crippen molar-refractivity contribution in [1.29, 1.82) is 0 Å². The maximum Gasteiger partial charge on any atom is 0.151 e. The maximum absolute atomic E-state index is 10.5. The highest BCUT2D eigenvalue weighted by molar-refractivity contribution is 4.85. The number of aliphatic hydroxyl groups excluding tert-OH is 2. The van der Waals surface area contributed by atoms with Gasteiger partial charge in [-0.2, -0.15) is 0 Å². The van der Waals surface area contributed by atoms with Gasteiger partial charge in [0.05, 0.1) is 5.60 Å². The van der Waals surface area contributed by atoms with Crippen LogP contribution in [0.3, 0.4) is 0 Å². The molecule has 0 aromatic carbocycles. The first-order valence-electron chi connectivity index (χ1n) is 6.19. The first-order valence-corrected chi connectivity index (χ1v) is 6.19. The minimum atomic E-state index is -1.31. The van der Waals surface area contributed by atoms with Gasteiger partial charge in [0.1, 0.15) is 0 Å². The molecule has 0 saturated heterocycles. The molecule has 0 saturated carbocycles. The summed E-state index contributed by atoms with van der Waals surface area (Å²) in [6, 6.07) is 0. The summed E-state index contributed by atoms with van der Waals surface area (Å²) in [4.78, 5) is 0. The first kappa shape index (κ1) is 15.8. The molecule has 0 aliphatic heterocycles. The zero-order valence-electron chi connectivity index (χ0n) is 10.4. The van der Waals surface area contributed by atoms with Crippen molar-refractivity contribution in [2.45, 2.75) is 64.3 Å². The molecule has 16 heavy (non-hydrogen) atoms. The summed E-state index contributed by atoms with van der Waals surface area (Å²) in [5.41, 5.74) is -0.868. The maximum atomic E-state index is 10.5. The Bertz CT molecular complexity index is 168. The molecule has 0 spiro atoms. The van der Waals surface area contributed by atoms with Crippen molar-refractivity contribution in [3.63, 3.8) is 0 Å². The fraction of sp³-hybridized carbons (Fsp3) is 1.00. The summed E-state index contributed by atoms with van der Waals surface area (Å²) in [5, 5.41) is 37.2. The van der Waals surface area contributed by atoms with Gasteiger partial charge in [-0.3, -0.25) is 0 Å². The Balaban J connectivity index is 4.30. The zero-order chi connectivity index (χ0) is 12.6. The van der Waals surface area contributed by atoms with Crippen LogP contribution < -0.4 is 0 Å². The second kappa shape index (κ2) is 8.01. The number of hydrogen-bond acceptors (Lipinski definition) is 4. The van der Waals surface area contributed by atoms with Crippen molar-refractivity contribution in [2.75, 3.05) is 6.61 Å². The van der Waals surface area contributed by atoms with E-state index < -0.39 is 11.9 Å². The third-order valence-electron chi connectivity index (χ3n) is 3.23. The highest BCUT2D eigenvalue weighted by atomic mass is 16.5. The van der Waals surface area contributed by atoms with Crippen molar-refractivity contribution in [2.24, 2.45) is 5.92 Å². The van der Waals surface area contributed by atoms with Gasteiger partial charge in [-0.05, 0) is 32.1 Å². The van der Waals surface area contributed by atoms with Gasteiger partial charge in [0.25, 0.3) is 0 Å². The molecule has 2 unspecified atom stereocenters. The van der Waals surface area contributed by atoms with E-state index in [1.807, 2.05) is 13.8 Å². The lowest BCUT2D eigenvalue weighted by Crippen LogP contribution is -2.39. The van der Waals surface area contributed by atoms with Gasteiger partial charge in [-0.1, -0.05) is 20.3 Å². The van der Waals surface area contributed by atoms with Crippen LogP contribution in [0.15, 0.2) is 0 Å². The molecule has 0 aromatic heterocycles. The van der Waals surface area contributed by atoms with Crippen LogP contribution in [0.25, 0.3) is 0 Å². The third kappa shape index (κ3) is 5.25.